The van der Waals surface area contributed by atoms with E-state index < -0.39 is 0 Å². The van der Waals surface area contributed by atoms with Gasteiger partial charge in [-0.05, 0) is 59.9 Å². The number of carbonyl (C=O) groups excluding carboxylic acids is 1. The number of benzene rings is 1. The zero-order chi connectivity index (χ0) is 14.0. The lowest BCUT2D eigenvalue weighted by Gasteiger charge is -2.36. The van der Waals surface area contributed by atoms with Crippen molar-refractivity contribution in [2.24, 2.45) is 5.92 Å². The van der Waals surface area contributed by atoms with Gasteiger partial charge in [0.25, 0.3) is 5.91 Å². The van der Waals surface area contributed by atoms with Crippen LogP contribution in [0, 0.1) is 5.92 Å². The molecule has 0 saturated carbocycles. The molecule has 104 valence electrons. The van der Waals surface area contributed by atoms with Crippen LogP contribution in [-0.4, -0.2) is 24.5 Å². The Hall–Kier alpha value is -0.580. The molecule has 5 heteroatoms. The fourth-order valence-electron chi connectivity index (χ4n) is 2.51. The van der Waals surface area contributed by atoms with Crippen LogP contribution in [0.2, 0.25) is 5.02 Å². The summed E-state index contributed by atoms with van der Waals surface area (Å²) in [4.78, 5) is 12.3. The van der Waals surface area contributed by atoms with Gasteiger partial charge in [0.2, 0.25) is 0 Å². The average molecular weight is 346 g/mol. The van der Waals surface area contributed by atoms with Crippen molar-refractivity contribution in [3.8, 4) is 0 Å². The monoisotopic (exact) mass is 344 g/mol. The van der Waals surface area contributed by atoms with Gasteiger partial charge in [0, 0.05) is 21.6 Å². The molecule has 2 N–H and O–H groups in total. The highest BCUT2D eigenvalue weighted by atomic mass is 79.9. The van der Waals surface area contributed by atoms with Gasteiger partial charge in [0.1, 0.15) is 0 Å². The highest BCUT2D eigenvalue weighted by Gasteiger charge is 2.29. The zero-order valence-electron chi connectivity index (χ0n) is 11.0. The van der Waals surface area contributed by atoms with Crippen molar-refractivity contribution >= 4 is 33.4 Å². The number of amides is 1. The van der Waals surface area contributed by atoms with Crippen molar-refractivity contribution < 1.29 is 4.79 Å². The maximum Gasteiger partial charge on any atom is 0.252 e. The lowest BCUT2D eigenvalue weighted by Crippen LogP contribution is -2.55. The molecule has 0 aromatic heterocycles. The minimum Gasteiger partial charge on any atom is -0.347 e. The van der Waals surface area contributed by atoms with Crippen molar-refractivity contribution in [2.45, 2.75) is 32.4 Å². The van der Waals surface area contributed by atoms with Crippen LogP contribution in [0.4, 0.5) is 0 Å². The quantitative estimate of drug-likeness (QED) is 0.864. The van der Waals surface area contributed by atoms with E-state index in [1.54, 1.807) is 18.2 Å². The number of halogens is 2. The number of nitrogens with one attached hydrogen (secondary N) is 2. The molecule has 0 aliphatic carbocycles. The van der Waals surface area contributed by atoms with Gasteiger partial charge in [-0.2, -0.15) is 0 Å². The summed E-state index contributed by atoms with van der Waals surface area (Å²) >= 11 is 9.27. The standard InChI is InChI=1S/C14H18BrClN2O/c1-8-5-6-17-9(2)13(8)18-14(19)11-4-3-10(16)7-12(11)15/h3-4,7-9,13,17H,5-6H2,1-2H3,(H,18,19). The Morgan fingerprint density at radius 3 is 2.84 bits per heavy atom. The van der Waals surface area contributed by atoms with Crippen molar-refractivity contribution in [1.29, 1.82) is 0 Å². The smallest absolute Gasteiger partial charge is 0.252 e. The van der Waals surface area contributed by atoms with Crippen LogP contribution in [0.1, 0.15) is 30.6 Å². The second-order valence-corrected chi connectivity index (χ2v) is 6.42. The Morgan fingerprint density at radius 1 is 1.47 bits per heavy atom. The fraction of sp³-hybridized carbons (Fsp3) is 0.500. The highest BCUT2D eigenvalue weighted by Crippen LogP contribution is 2.23. The molecule has 3 nitrogen and oxygen atoms in total. The van der Waals surface area contributed by atoms with E-state index in [0.717, 1.165) is 17.4 Å². The Bertz CT molecular complexity index is 471. The van der Waals surface area contributed by atoms with Crippen molar-refractivity contribution in [3.63, 3.8) is 0 Å². The summed E-state index contributed by atoms with van der Waals surface area (Å²) in [5.41, 5.74) is 0.620. The van der Waals surface area contributed by atoms with Crippen LogP contribution in [0.25, 0.3) is 0 Å². The Kier molecular flexibility index (Phi) is 4.87. The molecular weight excluding hydrogens is 328 g/mol. The molecule has 1 aromatic carbocycles. The number of rotatable bonds is 2. The van der Waals surface area contributed by atoms with Gasteiger partial charge in [0.05, 0.1) is 5.56 Å². The van der Waals surface area contributed by atoms with Gasteiger partial charge in [-0.15, -0.1) is 0 Å². The molecule has 0 bridgehead atoms. The van der Waals surface area contributed by atoms with Gasteiger partial charge in [-0.25, -0.2) is 0 Å². The van der Waals surface area contributed by atoms with Crippen LogP contribution in [-0.2, 0) is 0 Å². The summed E-state index contributed by atoms with van der Waals surface area (Å²) in [7, 11) is 0. The van der Waals surface area contributed by atoms with E-state index in [1.807, 2.05) is 0 Å². The molecule has 19 heavy (non-hydrogen) atoms. The third kappa shape index (κ3) is 3.50. The fourth-order valence-corrected chi connectivity index (χ4v) is 3.37. The van der Waals surface area contributed by atoms with E-state index in [9.17, 15) is 4.79 Å². The summed E-state index contributed by atoms with van der Waals surface area (Å²) in [6, 6.07) is 5.66. The lowest BCUT2D eigenvalue weighted by atomic mass is 9.89. The van der Waals surface area contributed by atoms with E-state index in [4.69, 9.17) is 11.6 Å². The number of carbonyl (C=O) groups is 1. The van der Waals surface area contributed by atoms with E-state index in [0.29, 0.717) is 22.5 Å². The predicted molar refractivity (Wildman–Crippen MR) is 81.7 cm³/mol. The largest absolute Gasteiger partial charge is 0.347 e. The first-order chi connectivity index (χ1) is 8.99. The molecule has 1 fully saturated rings. The van der Waals surface area contributed by atoms with E-state index >= 15 is 0 Å². The zero-order valence-corrected chi connectivity index (χ0v) is 13.4. The van der Waals surface area contributed by atoms with Gasteiger partial charge in [0.15, 0.2) is 0 Å². The first kappa shape index (κ1) is 14.8. The van der Waals surface area contributed by atoms with Crippen LogP contribution in [0.3, 0.4) is 0 Å². The summed E-state index contributed by atoms with van der Waals surface area (Å²) < 4.78 is 0.724. The maximum absolute atomic E-state index is 12.3. The van der Waals surface area contributed by atoms with E-state index in [2.05, 4.69) is 40.4 Å². The molecule has 3 atom stereocenters. The number of hydrogen-bond acceptors (Lipinski definition) is 2. The van der Waals surface area contributed by atoms with Gasteiger partial charge in [-0.3, -0.25) is 4.79 Å². The van der Waals surface area contributed by atoms with Crippen molar-refractivity contribution in [2.75, 3.05) is 6.54 Å². The molecule has 1 aromatic rings. The minimum absolute atomic E-state index is 0.0593. The first-order valence-corrected chi connectivity index (χ1v) is 7.65. The number of hydrogen-bond donors (Lipinski definition) is 2. The normalized spacial score (nSPS) is 27.1. The third-order valence-corrected chi connectivity index (χ3v) is 4.58. The van der Waals surface area contributed by atoms with Crippen LogP contribution < -0.4 is 10.6 Å². The van der Waals surface area contributed by atoms with Gasteiger partial charge >= 0.3 is 0 Å². The molecule has 1 amide bonds. The molecule has 1 saturated heterocycles. The summed E-state index contributed by atoms with van der Waals surface area (Å²) in [6.07, 6.45) is 1.08. The van der Waals surface area contributed by atoms with Crippen LogP contribution in [0.5, 0.6) is 0 Å². The van der Waals surface area contributed by atoms with Crippen LogP contribution >= 0.6 is 27.5 Å². The molecule has 2 rings (SSSR count). The van der Waals surface area contributed by atoms with E-state index in [-0.39, 0.29) is 11.9 Å². The summed E-state index contributed by atoms with van der Waals surface area (Å²) in [6.45, 7) is 5.30. The van der Waals surface area contributed by atoms with E-state index in [1.165, 1.54) is 0 Å². The van der Waals surface area contributed by atoms with Crippen LogP contribution in [0.15, 0.2) is 22.7 Å². The Balaban J connectivity index is 2.11. The van der Waals surface area contributed by atoms with Crippen molar-refractivity contribution in [3.05, 3.63) is 33.3 Å². The van der Waals surface area contributed by atoms with Crippen molar-refractivity contribution in [1.82, 2.24) is 10.6 Å². The predicted octanol–water partition coefficient (Wildman–Crippen LogP) is 3.22. The molecule has 3 unspecified atom stereocenters. The summed E-state index contributed by atoms with van der Waals surface area (Å²) in [5.74, 6) is 0.419. The molecule has 0 spiro atoms. The number of piperidine rings is 1. The maximum atomic E-state index is 12.3. The minimum atomic E-state index is -0.0593. The lowest BCUT2D eigenvalue weighted by molar-refractivity contribution is 0.0897. The highest BCUT2D eigenvalue weighted by molar-refractivity contribution is 9.10. The second-order valence-electron chi connectivity index (χ2n) is 5.13. The molecule has 1 heterocycles. The Morgan fingerprint density at radius 2 is 2.21 bits per heavy atom. The average Bonchev–Trinajstić information content (AvgIpc) is 2.33. The molecular formula is C14H18BrClN2O. The molecule has 1 aliphatic rings. The topological polar surface area (TPSA) is 41.1 Å². The van der Waals surface area contributed by atoms with Gasteiger partial charge in [-0.1, -0.05) is 18.5 Å². The third-order valence-electron chi connectivity index (χ3n) is 3.69. The van der Waals surface area contributed by atoms with Gasteiger partial charge < -0.3 is 10.6 Å². The SMILES string of the molecule is CC1CCNC(C)C1NC(=O)c1ccc(Cl)cc1Br. The summed E-state index contributed by atoms with van der Waals surface area (Å²) in [5, 5.41) is 7.13. The molecule has 1 aliphatic heterocycles. The second kappa shape index (κ2) is 6.25. The molecule has 0 radical (unpaired) electrons. The first-order valence-electron chi connectivity index (χ1n) is 6.48. The Labute approximate surface area is 127 Å².